The molecule has 7 nitrogen and oxygen atoms in total. The number of nitrogens with one attached hydrogen (secondary N) is 3. The Kier molecular flexibility index (Phi) is 6.37. The Hall–Kier alpha value is -2.57. The fraction of sp³-hybridized carbons (Fsp3) is 0.400. The number of rotatable bonds is 6. The lowest BCUT2D eigenvalue weighted by Crippen LogP contribution is -2.46. The summed E-state index contributed by atoms with van der Waals surface area (Å²) in [4.78, 5) is 34.8. The van der Waals surface area contributed by atoms with Crippen LogP contribution in [-0.4, -0.2) is 30.9 Å². The molecule has 1 unspecified atom stereocenters. The summed E-state index contributed by atoms with van der Waals surface area (Å²) in [6, 6.07) is 5.07. The Morgan fingerprint density at radius 3 is 2.45 bits per heavy atom. The van der Waals surface area contributed by atoms with Gasteiger partial charge in [0.05, 0.1) is 0 Å². The summed E-state index contributed by atoms with van der Waals surface area (Å²) in [5, 5.41) is 7.62. The number of urea groups is 1. The third-order valence-corrected chi connectivity index (χ3v) is 2.96. The molecule has 1 aromatic carbocycles. The van der Waals surface area contributed by atoms with Crippen molar-refractivity contribution < 1.29 is 14.4 Å². The second kappa shape index (κ2) is 8.02. The fourth-order valence-corrected chi connectivity index (χ4v) is 1.99. The molecule has 7 heteroatoms. The van der Waals surface area contributed by atoms with Crippen molar-refractivity contribution in [3.8, 4) is 0 Å². The van der Waals surface area contributed by atoms with Gasteiger partial charge in [-0.1, -0.05) is 19.9 Å². The summed E-state index contributed by atoms with van der Waals surface area (Å²) in [6.07, 6.45) is 0.462. The van der Waals surface area contributed by atoms with Gasteiger partial charge in [0.15, 0.2) is 0 Å². The van der Waals surface area contributed by atoms with Crippen LogP contribution in [0.5, 0.6) is 0 Å². The van der Waals surface area contributed by atoms with Crippen LogP contribution in [0.4, 0.5) is 10.5 Å². The minimum Gasteiger partial charge on any atom is -0.355 e. The van der Waals surface area contributed by atoms with Crippen LogP contribution in [0.1, 0.15) is 30.6 Å². The molecule has 0 bridgehead atoms. The van der Waals surface area contributed by atoms with Gasteiger partial charge in [-0.15, -0.1) is 0 Å². The molecule has 0 spiro atoms. The van der Waals surface area contributed by atoms with E-state index in [1.165, 1.54) is 7.05 Å². The molecule has 22 heavy (non-hydrogen) atoms. The smallest absolute Gasteiger partial charge is 0.312 e. The Morgan fingerprint density at radius 2 is 1.91 bits per heavy atom. The van der Waals surface area contributed by atoms with Crippen molar-refractivity contribution in [3.63, 3.8) is 0 Å². The van der Waals surface area contributed by atoms with Crippen LogP contribution in [0, 0.1) is 5.92 Å². The quantitative estimate of drug-likeness (QED) is 0.630. The topological polar surface area (TPSA) is 113 Å². The van der Waals surface area contributed by atoms with E-state index in [4.69, 9.17) is 5.73 Å². The predicted molar refractivity (Wildman–Crippen MR) is 84.4 cm³/mol. The van der Waals surface area contributed by atoms with Crippen molar-refractivity contribution >= 4 is 23.5 Å². The number of benzene rings is 1. The van der Waals surface area contributed by atoms with Crippen LogP contribution in [0.2, 0.25) is 0 Å². The Morgan fingerprint density at radius 1 is 1.23 bits per heavy atom. The minimum absolute atomic E-state index is 0.208. The van der Waals surface area contributed by atoms with E-state index in [0.717, 1.165) is 0 Å². The molecule has 120 valence electrons. The van der Waals surface area contributed by atoms with E-state index in [1.54, 1.807) is 24.3 Å². The number of primary amides is 1. The average Bonchev–Trinajstić information content (AvgIpc) is 2.45. The van der Waals surface area contributed by atoms with Crippen molar-refractivity contribution in [2.75, 3.05) is 12.4 Å². The number of anilines is 1. The van der Waals surface area contributed by atoms with Crippen LogP contribution < -0.4 is 21.7 Å². The Balaban J connectivity index is 2.84. The molecule has 5 N–H and O–H groups in total. The van der Waals surface area contributed by atoms with Crippen LogP contribution in [0.15, 0.2) is 24.3 Å². The van der Waals surface area contributed by atoms with Gasteiger partial charge >= 0.3 is 6.03 Å². The SMILES string of the molecule is CNC(=O)c1cccc(NC(=O)C(CC(C)C)NC(N)=O)c1. The lowest BCUT2D eigenvalue weighted by Gasteiger charge is -2.19. The van der Waals surface area contributed by atoms with E-state index in [1.807, 2.05) is 13.8 Å². The molecule has 0 radical (unpaired) electrons. The van der Waals surface area contributed by atoms with Crippen LogP contribution in [0.25, 0.3) is 0 Å². The second-order valence-electron chi connectivity index (χ2n) is 5.34. The molecule has 0 heterocycles. The van der Waals surface area contributed by atoms with E-state index < -0.39 is 12.1 Å². The zero-order valence-corrected chi connectivity index (χ0v) is 13.0. The summed E-state index contributed by atoms with van der Waals surface area (Å²) < 4.78 is 0. The fourth-order valence-electron chi connectivity index (χ4n) is 1.99. The van der Waals surface area contributed by atoms with Crippen LogP contribution in [0.3, 0.4) is 0 Å². The van der Waals surface area contributed by atoms with Crippen molar-refractivity contribution in [1.29, 1.82) is 0 Å². The van der Waals surface area contributed by atoms with E-state index in [9.17, 15) is 14.4 Å². The first-order valence-corrected chi connectivity index (χ1v) is 7.02. The summed E-state index contributed by atoms with van der Waals surface area (Å²) in [7, 11) is 1.53. The summed E-state index contributed by atoms with van der Waals surface area (Å²) in [5.74, 6) is -0.411. The van der Waals surface area contributed by atoms with Crippen molar-refractivity contribution in [1.82, 2.24) is 10.6 Å². The lowest BCUT2D eigenvalue weighted by molar-refractivity contribution is -0.118. The van der Waals surface area contributed by atoms with Crippen molar-refractivity contribution in [3.05, 3.63) is 29.8 Å². The third kappa shape index (κ3) is 5.43. The standard InChI is InChI=1S/C15H22N4O3/c1-9(2)7-12(19-15(16)22)14(21)18-11-6-4-5-10(8-11)13(20)17-3/h4-6,8-9,12H,7H2,1-3H3,(H,17,20)(H,18,21)(H3,16,19,22). The Labute approximate surface area is 129 Å². The first-order valence-electron chi connectivity index (χ1n) is 7.02. The molecular formula is C15H22N4O3. The molecule has 1 aromatic rings. The number of carbonyl (C=O) groups is 3. The summed E-state index contributed by atoms with van der Waals surface area (Å²) >= 11 is 0. The highest BCUT2D eigenvalue weighted by Crippen LogP contribution is 2.13. The average molecular weight is 306 g/mol. The first-order chi connectivity index (χ1) is 10.3. The van der Waals surface area contributed by atoms with Crippen LogP contribution in [-0.2, 0) is 4.79 Å². The number of carbonyl (C=O) groups excluding carboxylic acids is 3. The third-order valence-electron chi connectivity index (χ3n) is 2.96. The molecule has 0 aliphatic rings. The van der Waals surface area contributed by atoms with Gasteiger partial charge in [0, 0.05) is 18.3 Å². The maximum Gasteiger partial charge on any atom is 0.312 e. The van der Waals surface area contributed by atoms with Gasteiger partial charge in [0.25, 0.3) is 5.91 Å². The molecule has 0 aliphatic carbocycles. The molecule has 0 saturated carbocycles. The molecule has 1 atom stereocenters. The van der Waals surface area contributed by atoms with Gasteiger partial charge in [-0.3, -0.25) is 9.59 Å². The van der Waals surface area contributed by atoms with Gasteiger partial charge in [-0.2, -0.15) is 0 Å². The number of amides is 4. The highest BCUT2D eigenvalue weighted by atomic mass is 16.2. The molecule has 4 amide bonds. The van der Waals surface area contributed by atoms with Crippen molar-refractivity contribution in [2.24, 2.45) is 11.7 Å². The largest absolute Gasteiger partial charge is 0.355 e. The number of hydrogen-bond donors (Lipinski definition) is 4. The Bertz CT molecular complexity index is 557. The maximum absolute atomic E-state index is 12.3. The summed E-state index contributed by atoms with van der Waals surface area (Å²) in [6.45, 7) is 3.88. The number of hydrogen-bond acceptors (Lipinski definition) is 3. The molecule has 0 aromatic heterocycles. The molecule has 0 fully saturated rings. The normalized spacial score (nSPS) is 11.6. The summed E-state index contributed by atoms with van der Waals surface area (Å²) in [5.41, 5.74) is 6.01. The van der Waals surface area contributed by atoms with E-state index in [-0.39, 0.29) is 17.7 Å². The zero-order valence-electron chi connectivity index (χ0n) is 13.0. The molecule has 1 rings (SSSR count). The maximum atomic E-state index is 12.3. The van der Waals surface area contributed by atoms with Gasteiger partial charge in [-0.25, -0.2) is 4.79 Å². The highest BCUT2D eigenvalue weighted by Gasteiger charge is 2.21. The van der Waals surface area contributed by atoms with Gasteiger partial charge < -0.3 is 21.7 Å². The molecule has 0 saturated heterocycles. The van der Waals surface area contributed by atoms with Gasteiger partial charge in [-0.05, 0) is 30.5 Å². The van der Waals surface area contributed by atoms with E-state index in [0.29, 0.717) is 17.7 Å². The van der Waals surface area contributed by atoms with E-state index >= 15 is 0 Å². The van der Waals surface area contributed by atoms with Gasteiger partial charge in [0.1, 0.15) is 6.04 Å². The van der Waals surface area contributed by atoms with E-state index in [2.05, 4.69) is 16.0 Å². The van der Waals surface area contributed by atoms with Crippen molar-refractivity contribution in [2.45, 2.75) is 26.3 Å². The molecule has 0 aliphatic heterocycles. The van der Waals surface area contributed by atoms with Gasteiger partial charge in [0.2, 0.25) is 5.91 Å². The lowest BCUT2D eigenvalue weighted by atomic mass is 10.0. The predicted octanol–water partition coefficient (Wildman–Crippen LogP) is 1.07. The van der Waals surface area contributed by atoms with Crippen LogP contribution >= 0.6 is 0 Å². The molecular weight excluding hydrogens is 284 g/mol. The second-order valence-corrected chi connectivity index (χ2v) is 5.34. The monoisotopic (exact) mass is 306 g/mol. The first kappa shape index (κ1) is 17.5. The minimum atomic E-state index is -0.750. The number of nitrogens with two attached hydrogens (primary N) is 1. The highest BCUT2D eigenvalue weighted by molar-refractivity contribution is 5.99. The zero-order chi connectivity index (χ0) is 16.7.